The molecule has 0 saturated carbocycles. The van der Waals surface area contributed by atoms with Crippen molar-refractivity contribution in [2.45, 2.75) is 58.4 Å². The number of rotatable bonds is 7. The Morgan fingerprint density at radius 3 is 2.52 bits per heavy atom. The molecule has 6 nitrogen and oxygen atoms in total. The van der Waals surface area contributed by atoms with Crippen molar-refractivity contribution in [2.24, 2.45) is 5.41 Å². The van der Waals surface area contributed by atoms with Gasteiger partial charge in [0.25, 0.3) is 0 Å². The molecule has 2 aliphatic heterocycles. The van der Waals surface area contributed by atoms with Crippen molar-refractivity contribution < 1.29 is 9.53 Å². The molecule has 0 atom stereocenters. The van der Waals surface area contributed by atoms with Crippen LogP contribution in [0, 0.1) is 5.41 Å². The van der Waals surface area contributed by atoms with Crippen molar-refractivity contribution in [1.29, 1.82) is 0 Å². The second-order valence-corrected chi connectivity index (χ2v) is 8.54. The normalized spacial score (nSPS) is 20.6. The average Bonchev–Trinajstić information content (AvgIpc) is 2.67. The van der Waals surface area contributed by atoms with Crippen molar-refractivity contribution in [2.75, 3.05) is 39.9 Å². The van der Waals surface area contributed by atoms with Crippen LogP contribution in [0.15, 0.2) is 12.4 Å². The molecule has 6 heteroatoms. The Hall–Kier alpha value is -1.53. The lowest BCUT2D eigenvalue weighted by Crippen LogP contribution is -2.51. The van der Waals surface area contributed by atoms with Gasteiger partial charge >= 0.3 is 0 Å². The third kappa shape index (κ3) is 5.26. The second-order valence-electron chi connectivity index (χ2n) is 8.54. The number of hydrogen-bond donors (Lipinski definition) is 0. The Kier molecular flexibility index (Phi) is 6.82. The van der Waals surface area contributed by atoms with Crippen molar-refractivity contribution in [3.63, 3.8) is 0 Å². The van der Waals surface area contributed by atoms with Gasteiger partial charge in [0.2, 0.25) is 5.91 Å². The largest absolute Gasteiger partial charge is 0.385 e. The molecule has 0 N–H and O–H groups in total. The molecule has 0 aliphatic carbocycles. The van der Waals surface area contributed by atoms with Crippen molar-refractivity contribution in [3.8, 4) is 0 Å². The van der Waals surface area contributed by atoms with Gasteiger partial charge in [-0.15, -0.1) is 0 Å². The van der Waals surface area contributed by atoms with Gasteiger partial charge in [0.05, 0.1) is 0 Å². The number of carbonyl (C=O) groups is 1. The highest BCUT2D eigenvalue weighted by Crippen LogP contribution is 2.40. The van der Waals surface area contributed by atoms with E-state index in [0.717, 1.165) is 58.0 Å². The van der Waals surface area contributed by atoms with E-state index in [0.29, 0.717) is 23.7 Å². The van der Waals surface area contributed by atoms with Gasteiger partial charge in [-0.2, -0.15) is 0 Å². The first-order valence-electron chi connectivity index (χ1n) is 10.3. The summed E-state index contributed by atoms with van der Waals surface area (Å²) in [5, 5.41) is 0. The molecule has 3 heterocycles. The molecule has 0 aromatic carbocycles. The lowest BCUT2D eigenvalue weighted by Gasteiger charge is -2.47. The maximum absolute atomic E-state index is 12.3. The Balaban J connectivity index is 1.50. The van der Waals surface area contributed by atoms with E-state index in [1.165, 1.54) is 18.4 Å². The summed E-state index contributed by atoms with van der Waals surface area (Å²) in [7, 11) is 1.72. The maximum atomic E-state index is 12.3. The number of carbonyl (C=O) groups excluding carboxylic acids is 1. The molecule has 150 valence electrons. The van der Waals surface area contributed by atoms with E-state index in [-0.39, 0.29) is 0 Å². The minimum atomic E-state index is 0.315. The van der Waals surface area contributed by atoms with Crippen LogP contribution in [0.4, 0.5) is 0 Å². The van der Waals surface area contributed by atoms with E-state index in [1.807, 2.05) is 12.4 Å². The number of aromatic nitrogens is 2. The fraction of sp³-hybridized carbons (Fsp3) is 0.762. The van der Waals surface area contributed by atoms with Gasteiger partial charge in [0.15, 0.2) is 0 Å². The Morgan fingerprint density at radius 1 is 1.19 bits per heavy atom. The van der Waals surface area contributed by atoms with Crippen molar-refractivity contribution in [1.82, 2.24) is 19.8 Å². The SMILES string of the molecule is COCCCN1CC2(CCC1=O)CCN(Cc1cnc(C(C)C)nc1)CC2. The summed E-state index contributed by atoms with van der Waals surface area (Å²) in [5.74, 6) is 1.60. The molecule has 1 amide bonds. The highest BCUT2D eigenvalue weighted by atomic mass is 16.5. The lowest BCUT2D eigenvalue weighted by atomic mass is 9.72. The number of methoxy groups -OCH3 is 1. The lowest BCUT2D eigenvalue weighted by molar-refractivity contribution is -0.139. The molecule has 3 rings (SSSR count). The van der Waals surface area contributed by atoms with E-state index >= 15 is 0 Å². The van der Waals surface area contributed by atoms with Crippen LogP contribution in [0.2, 0.25) is 0 Å². The first-order valence-corrected chi connectivity index (χ1v) is 10.3. The van der Waals surface area contributed by atoms with E-state index in [1.54, 1.807) is 7.11 Å². The molecule has 0 bridgehead atoms. The Morgan fingerprint density at radius 2 is 1.89 bits per heavy atom. The molecule has 27 heavy (non-hydrogen) atoms. The van der Waals surface area contributed by atoms with Crippen molar-refractivity contribution in [3.05, 3.63) is 23.8 Å². The van der Waals surface area contributed by atoms with Crippen LogP contribution in [0.3, 0.4) is 0 Å². The molecule has 1 aromatic heterocycles. The van der Waals surface area contributed by atoms with Crippen LogP contribution in [0.1, 0.15) is 63.3 Å². The molecular formula is C21H34N4O2. The number of amides is 1. The topological polar surface area (TPSA) is 58.6 Å². The average molecular weight is 375 g/mol. The van der Waals surface area contributed by atoms with E-state index in [2.05, 4.69) is 33.6 Å². The summed E-state index contributed by atoms with van der Waals surface area (Å²) in [6.07, 6.45) is 8.98. The second kappa shape index (κ2) is 9.11. The molecule has 0 radical (unpaired) electrons. The highest BCUT2D eigenvalue weighted by molar-refractivity contribution is 5.77. The summed E-state index contributed by atoms with van der Waals surface area (Å²) >= 11 is 0. The van der Waals surface area contributed by atoms with E-state index < -0.39 is 0 Å². The molecule has 2 aliphatic rings. The number of hydrogen-bond acceptors (Lipinski definition) is 5. The van der Waals surface area contributed by atoms with Crippen LogP contribution in [-0.4, -0.2) is 65.6 Å². The smallest absolute Gasteiger partial charge is 0.222 e. The van der Waals surface area contributed by atoms with Crippen LogP contribution in [-0.2, 0) is 16.1 Å². The summed E-state index contributed by atoms with van der Waals surface area (Å²) in [6, 6.07) is 0. The van der Waals surface area contributed by atoms with Gasteiger partial charge in [-0.1, -0.05) is 13.8 Å². The molecule has 1 aromatic rings. The van der Waals surface area contributed by atoms with Gasteiger partial charge in [-0.25, -0.2) is 9.97 Å². The van der Waals surface area contributed by atoms with Crippen LogP contribution < -0.4 is 0 Å². The first-order chi connectivity index (χ1) is 13.0. The molecule has 2 fully saturated rings. The van der Waals surface area contributed by atoms with Crippen LogP contribution in [0.25, 0.3) is 0 Å². The zero-order valence-corrected chi connectivity index (χ0v) is 17.1. The minimum Gasteiger partial charge on any atom is -0.385 e. The Labute approximate surface area is 163 Å². The van der Waals surface area contributed by atoms with E-state index in [4.69, 9.17) is 4.74 Å². The van der Waals surface area contributed by atoms with Crippen molar-refractivity contribution >= 4 is 5.91 Å². The van der Waals surface area contributed by atoms with E-state index in [9.17, 15) is 4.79 Å². The highest BCUT2D eigenvalue weighted by Gasteiger charge is 2.40. The number of likely N-dealkylation sites (tertiary alicyclic amines) is 2. The molecule has 0 unspecified atom stereocenters. The third-order valence-corrected chi connectivity index (χ3v) is 6.09. The number of piperidine rings is 2. The predicted octanol–water partition coefficient (Wildman–Crippen LogP) is 2.84. The minimum absolute atomic E-state index is 0.315. The first kappa shape index (κ1) is 20.2. The summed E-state index contributed by atoms with van der Waals surface area (Å²) in [6.45, 7) is 9.82. The Bertz CT molecular complexity index is 609. The molecule has 1 spiro atoms. The predicted molar refractivity (Wildman–Crippen MR) is 105 cm³/mol. The molecule has 2 saturated heterocycles. The zero-order valence-electron chi connectivity index (χ0n) is 17.1. The number of nitrogens with zero attached hydrogens (tertiary/aromatic N) is 4. The van der Waals surface area contributed by atoms with Gasteiger partial charge < -0.3 is 9.64 Å². The summed E-state index contributed by atoms with van der Waals surface area (Å²) in [5.41, 5.74) is 1.51. The molecular weight excluding hydrogens is 340 g/mol. The standard InChI is InChI=1S/C21H34N4O2/c1-17(2)20-22-13-18(14-23-20)15-24-10-7-21(8-11-24)6-5-19(26)25(16-21)9-4-12-27-3/h13-14,17H,4-12,15-16H2,1-3H3. The summed E-state index contributed by atoms with van der Waals surface area (Å²) < 4.78 is 5.14. The van der Waals surface area contributed by atoms with Gasteiger partial charge in [0.1, 0.15) is 5.82 Å². The fourth-order valence-corrected chi connectivity index (χ4v) is 4.30. The van der Waals surface area contributed by atoms with Gasteiger partial charge in [0, 0.05) is 63.6 Å². The number of ether oxygens (including phenoxy) is 1. The monoisotopic (exact) mass is 374 g/mol. The zero-order chi connectivity index (χ0) is 19.3. The maximum Gasteiger partial charge on any atom is 0.222 e. The van der Waals surface area contributed by atoms with Crippen LogP contribution in [0.5, 0.6) is 0 Å². The van der Waals surface area contributed by atoms with Crippen LogP contribution >= 0.6 is 0 Å². The van der Waals surface area contributed by atoms with Gasteiger partial charge in [-0.3, -0.25) is 9.69 Å². The fourth-order valence-electron chi connectivity index (χ4n) is 4.30. The third-order valence-electron chi connectivity index (χ3n) is 6.09. The summed E-state index contributed by atoms with van der Waals surface area (Å²) in [4.78, 5) is 25.8. The quantitative estimate of drug-likeness (QED) is 0.687. The van der Waals surface area contributed by atoms with Gasteiger partial charge in [-0.05, 0) is 44.2 Å².